The molecule has 6 heteroatoms. The van der Waals surface area contributed by atoms with Crippen molar-refractivity contribution in [2.75, 3.05) is 0 Å². The highest BCUT2D eigenvalue weighted by atomic mass is 32.1. The lowest BCUT2D eigenvalue weighted by atomic mass is 10.1. The summed E-state index contributed by atoms with van der Waals surface area (Å²) in [7, 11) is 0. The molecule has 23 heavy (non-hydrogen) atoms. The van der Waals surface area contributed by atoms with Crippen molar-refractivity contribution < 1.29 is 0 Å². The average molecular weight is 317 g/mol. The summed E-state index contributed by atoms with van der Waals surface area (Å²) in [5.74, 6) is 0. The minimum absolute atomic E-state index is 0.275. The molecule has 5 nitrogen and oxygen atoms in total. The van der Waals surface area contributed by atoms with E-state index in [4.69, 9.17) is 4.98 Å². The first-order valence-electron chi connectivity index (χ1n) is 7.06. The lowest BCUT2D eigenvalue weighted by Crippen LogP contribution is -1.96. The second-order valence-corrected chi connectivity index (χ2v) is 5.77. The first kappa shape index (κ1) is 13.6. The zero-order valence-corrected chi connectivity index (χ0v) is 12.9. The van der Waals surface area contributed by atoms with E-state index >= 15 is 0 Å². The summed E-state index contributed by atoms with van der Waals surface area (Å²) in [6.45, 7) is 0. The van der Waals surface area contributed by atoms with Gasteiger partial charge in [0.2, 0.25) is 0 Å². The Morgan fingerprint density at radius 3 is 2.87 bits per heavy atom. The lowest BCUT2D eigenvalue weighted by Gasteiger charge is -2.03. The second kappa shape index (κ2) is 5.63. The van der Waals surface area contributed by atoms with E-state index in [1.54, 1.807) is 23.7 Å². The molecular formula is C17H11N5S. The fourth-order valence-electron chi connectivity index (χ4n) is 2.58. The Morgan fingerprint density at radius 1 is 1.17 bits per heavy atom. The van der Waals surface area contributed by atoms with E-state index in [0.29, 0.717) is 0 Å². The molecule has 0 saturated heterocycles. The summed E-state index contributed by atoms with van der Waals surface area (Å²) < 4.78 is 2.04. The number of rotatable bonds is 3. The van der Waals surface area contributed by atoms with Gasteiger partial charge < -0.3 is 0 Å². The molecule has 0 fully saturated rings. The fraction of sp³-hybridized carbons (Fsp3) is 0.0588. The summed E-state index contributed by atoms with van der Waals surface area (Å²) in [5, 5.41) is 11.3. The molecule has 4 heterocycles. The molecule has 0 amide bonds. The molecule has 0 saturated carbocycles. The van der Waals surface area contributed by atoms with Crippen molar-refractivity contribution in [3.8, 4) is 28.7 Å². The van der Waals surface area contributed by atoms with Crippen LogP contribution in [0.2, 0.25) is 0 Å². The number of imidazole rings is 1. The fourth-order valence-corrected chi connectivity index (χ4v) is 3.49. The van der Waals surface area contributed by atoms with Gasteiger partial charge in [-0.25, -0.2) is 4.98 Å². The van der Waals surface area contributed by atoms with Crippen LogP contribution in [0.4, 0.5) is 0 Å². The Balaban J connectivity index is 1.99. The van der Waals surface area contributed by atoms with Crippen LogP contribution >= 0.6 is 11.3 Å². The van der Waals surface area contributed by atoms with E-state index in [-0.39, 0.29) is 6.42 Å². The molecule has 4 rings (SSSR count). The van der Waals surface area contributed by atoms with Crippen molar-refractivity contribution >= 4 is 16.3 Å². The third kappa shape index (κ3) is 2.28. The quantitative estimate of drug-likeness (QED) is 0.579. The lowest BCUT2D eigenvalue weighted by molar-refractivity contribution is 1.07. The summed E-state index contributed by atoms with van der Waals surface area (Å²) in [4.78, 5) is 14.1. The number of nitrogens with zero attached hydrogens (tertiary/aromatic N) is 5. The summed E-state index contributed by atoms with van der Waals surface area (Å²) in [5.41, 5.74) is 4.41. The van der Waals surface area contributed by atoms with Gasteiger partial charge in [-0.3, -0.25) is 14.4 Å². The Morgan fingerprint density at radius 2 is 2.13 bits per heavy atom. The molecular weight excluding hydrogens is 306 g/mol. The van der Waals surface area contributed by atoms with E-state index < -0.39 is 0 Å². The molecule has 0 aliphatic rings. The van der Waals surface area contributed by atoms with Gasteiger partial charge in [0.15, 0.2) is 4.96 Å². The van der Waals surface area contributed by atoms with E-state index in [2.05, 4.69) is 16.0 Å². The zero-order valence-electron chi connectivity index (χ0n) is 12.0. The minimum Gasteiger partial charge on any atom is -0.285 e. The molecule has 0 aliphatic heterocycles. The van der Waals surface area contributed by atoms with Crippen molar-refractivity contribution in [1.82, 2.24) is 19.4 Å². The minimum atomic E-state index is 0.275. The van der Waals surface area contributed by atoms with Gasteiger partial charge in [0.25, 0.3) is 0 Å². The van der Waals surface area contributed by atoms with Gasteiger partial charge in [0.1, 0.15) is 5.69 Å². The van der Waals surface area contributed by atoms with Gasteiger partial charge in [-0.05, 0) is 24.3 Å². The van der Waals surface area contributed by atoms with Gasteiger partial charge in [-0.15, -0.1) is 11.3 Å². The first-order chi connectivity index (χ1) is 11.4. The number of thiazole rings is 1. The zero-order chi connectivity index (χ0) is 15.6. The highest BCUT2D eigenvalue weighted by Crippen LogP contribution is 2.32. The van der Waals surface area contributed by atoms with E-state index in [9.17, 15) is 5.26 Å². The van der Waals surface area contributed by atoms with Gasteiger partial charge >= 0.3 is 0 Å². The molecule has 4 aromatic heterocycles. The number of pyridine rings is 2. The van der Waals surface area contributed by atoms with Crippen LogP contribution < -0.4 is 0 Å². The number of aromatic nitrogens is 4. The van der Waals surface area contributed by atoms with Crippen molar-refractivity contribution in [3.05, 3.63) is 60.0 Å². The predicted octanol–water partition coefficient (Wildman–Crippen LogP) is 3.59. The number of fused-ring (bicyclic) bond motifs is 1. The Kier molecular flexibility index (Phi) is 3.33. The van der Waals surface area contributed by atoms with Crippen molar-refractivity contribution in [2.45, 2.75) is 6.42 Å². The molecule has 0 bridgehead atoms. The number of hydrogen-bond acceptors (Lipinski definition) is 5. The van der Waals surface area contributed by atoms with E-state index in [0.717, 1.165) is 33.3 Å². The summed E-state index contributed by atoms with van der Waals surface area (Å²) >= 11 is 1.55. The van der Waals surface area contributed by atoms with Crippen LogP contribution in [0, 0.1) is 11.3 Å². The molecule has 0 radical (unpaired) electrons. The Bertz CT molecular complexity index is 996. The molecule has 0 aromatic carbocycles. The first-order valence-corrected chi connectivity index (χ1v) is 7.94. The van der Waals surface area contributed by atoms with Crippen LogP contribution in [0.15, 0.2) is 54.3 Å². The van der Waals surface area contributed by atoms with Crippen molar-refractivity contribution in [1.29, 1.82) is 5.26 Å². The van der Waals surface area contributed by atoms with E-state index in [1.165, 1.54) is 0 Å². The van der Waals surface area contributed by atoms with E-state index in [1.807, 2.05) is 46.3 Å². The van der Waals surface area contributed by atoms with Crippen LogP contribution in [0.5, 0.6) is 0 Å². The molecule has 0 unspecified atom stereocenters. The largest absolute Gasteiger partial charge is 0.285 e. The predicted molar refractivity (Wildman–Crippen MR) is 88.8 cm³/mol. The standard InChI is InChI=1S/C17H11N5S/c18-7-6-14-16(13-5-1-2-9-20-13)21-17-22(14)15(11-23-17)12-4-3-8-19-10-12/h1-5,8-11H,6H2. The van der Waals surface area contributed by atoms with Crippen LogP contribution in [-0.4, -0.2) is 19.4 Å². The third-order valence-corrected chi connectivity index (χ3v) is 4.40. The van der Waals surface area contributed by atoms with Gasteiger partial charge in [-0.2, -0.15) is 5.26 Å². The molecule has 4 aromatic rings. The van der Waals surface area contributed by atoms with Crippen LogP contribution in [-0.2, 0) is 6.42 Å². The third-order valence-electron chi connectivity index (χ3n) is 3.57. The van der Waals surface area contributed by atoms with Crippen molar-refractivity contribution in [2.24, 2.45) is 0 Å². The Hall–Kier alpha value is -3.04. The van der Waals surface area contributed by atoms with Crippen LogP contribution in [0.3, 0.4) is 0 Å². The Labute approximate surface area is 136 Å². The number of nitriles is 1. The molecule has 0 atom stereocenters. The highest BCUT2D eigenvalue weighted by Gasteiger charge is 2.19. The maximum Gasteiger partial charge on any atom is 0.195 e. The highest BCUT2D eigenvalue weighted by molar-refractivity contribution is 7.15. The molecule has 0 spiro atoms. The maximum atomic E-state index is 9.25. The molecule has 0 aliphatic carbocycles. The van der Waals surface area contributed by atoms with Gasteiger partial charge in [0.05, 0.1) is 29.6 Å². The normalized spacial score (nSPS) is 10.7. The van der Waals surface area contributed by atoms with Gasteiger partial charge in [-0.1, -0.05) is 6.07 Å². The van der Waals surface area contributed by atoms with Crippen LogP contribution in [0.1, 0.15) is 5.69 Å². The van der Waals surface area contributed by atoms with Gasteiger partial charge in [0, 0.05) is 29.5 Å². The molecule has 0 N–H and O–H groups in total. The average Bonchev–Trinajstić information content (AvgIpc) is 3.17. The summed E-state index contributed by atoms with van der Waals surface area (Å²) in [6.07, 6.45) is 5.58. The number of hydrogen-bond donors (Lipinski definition) is 0. The van der Waals surface area contributed by atoms with Crippen LogP contribution in [0.25, 0.3) is 27.6 Å². The second-order valence-electron chi connectivity index (χ2n) is 4.94. The molecule has 110 valence electrons. The monoisotopic (exact) mass is 317 g/mol. The maximum absolute atomic E-state index is 9.25. The topological polar surface area (TPSA) is 66.9 Å². The van der Waals surface area contributed by atoms with Crippen molar-refractivity contribution in [3.63, 3.8) is 0 Å². The SMILES string of the molecule is N#CCc1c(-c2ccccn2)nc2scc(-c3cccnc3)n12. The smallest absolute Gasteiger partial charge is 0.195 e. The summed E-state index contributed by atoms with van der Waals surface area (Å²) in [6, 6.07) is 11.9.